The van der Waals surface area contributed by atoms with Crippen molar-refractivity contribution in [3.63, 3.8) is 0 Å². The first-order valence-corrected chi connectivity index (χ1v) is 23.9. The van der Waals surface area contributed by atoms with Crippen LogP contribution < -0.4 is 24.8 Å². The zero-order chi connectivity index (χ0) is 28.1. The molecule has 0 amide bonds. The van der Waals surface area contributed by atoms with Crippen LogP contribution in [-0.4, -0.2) is 5.92 Å². The summed E-state index contributed by atoms with van der Waals surface area (Å²) in [7, 11) is 0. The molecule has 2 aliphatic rings. The number of aryl methyl sites for hydroxylation is 1. The Hall–Kier alpha value is -2.22. The molecule has 0 fully saturated rings. The van der Waals surface area contributed by atoms with Crippen molar-refractivity contribution >= 4 is 22.8 Å². The molecule has 43 heavy (non-hydrogen) atoms. The molecule has 0 nitrogen and oxygen atoms in total. The summed E-state index contributed by atoms with van der Waals surface area (Å²) in [5.41, 5.74) is 16.6. The van der Waals surface area contributed by atoms with E-state index in [0.717, 1.165) is 0 Å². The standard InChI is InChI=1S/C37H31.C2H7Si.2ClH.Zr/c1-3-4-11-27-23-35-31(36-24(2)20-21-25-12-5-8-15-29(25)36)17-10-19-33(35)37(27)32-18-9-16-30-28-14-7-6-13-26(28)22-34(30)32;1-3-2;;;/h5-10,12-23,37H,3-4,11H2,1-2H3;3H,1-2H3;2*1H;/q;;;;+2/p-2. The number of rotatable bonds is 7. The van der Waals surface area contributed by atoms with E-state index in [4.69, 9.17) is 0 Å². The van der Waals surface area contributed by atoms with Crippen LogP contribution in [0.3, 0.4) is 0 Å². The Bertz CT molecular complexity index is 1820. The average Bonchev–Trinajstić information content (AvgIpc) is 3.52. The van der Waals surface area contributed by atoms with Gasteiger partial charge < -0.3 is 24.8 Å². The molecule has 0 heterocycles. The molecule has 0 saturated carbocycles. The Morgan fingerprint density at radius 2 is 1.37 bits per heavy atom. The van der Waals surface area contributed by atoms with Gasteiger partial charge in [-0.05, 0) is 0 Å². The fraction of sp³-hybridized carbons (Fsp3) is 0.231. The van der Waals surface area contributed by atoms with Crippen LogP contribution in [0.4, 0.5) is 0 Å². The molecule has 5 aromatic carbocycles. The topological polar surface area (TPSA) is 0 Å². The molecule has 2 atom stereocenters. The quantitative estimate of drug-likeness (QED) is 0.217. The van der Waals surface area contributed by atoms with Crippen LogP contribution in [-0.2, 0) is 22.4 Å². The third kappa shape index (κ3) is 5.59. The maximum atomic E-state index is 2.60. The summed E-state index contributed by atoms with van der Waals surface area (Å²) in [6.45, 7) is 9.79. The number of benzene rings is 5. The molecule has 7 rings (SSSR count). The van der Waals surface area contributed by atoms with Crippen LogP contribution in [0.15, 0.2) is 103 Å². The minimum absolute atomic E-state index is 0. The molecule has 0 aromatic heterocycles. The maximum Gasteiger partial charge on any atom is -1.00 e. The molecule has 2 unspecified atom stereocenters. The van der Waals surface area contributed by atoms with E-state index in [9.17, 15) is 0 Å². The second kappa shape index (κ2) is 13.4. The predicted molar refractivity (Wildman–Crippen MR) is 176 cm³/mol. The minimum atomic E-state index is -0.621. The maximum absolute atomic E-state index is 2.60. The number of hydrogen-bond acceptors (Lipinski definition) is 0. The first-order chi connectivity index (χ1) is 20.1. The van der Waals surface area contributed by atoms with E-state index in [1.807, 2.05) is 0 Å². The van der Waals surface area contributed by atoms with Crippen LogP contribution in [0.2, 0.25) is 13.1 Å². The first kappa shape index (κ1) is 32.2. The minimum Gasteiger partial charge on any atom is -1.00 e. The third-order valence-electron chi connectivity index (χ3n) is 9.18. The van der Waals surface area contributed by atoms with Gasteiger partial charge in [-0.25, -0.2) is 0 Å². The van der Waals surface area contributed by atoms with Crippen molar-refractivity contribution in [1.29, 1.82) is 0 Å². The molecular formula is C39H38Cl2SiZr. The molecule has 0 radical (unpaired) electrons. The molecule has 5 aromatic rings. The van der Waals surface area contributed by atoms with Crippen LogP contribution >= 0.6 is 0 Å². The third-order valence-corrected chi connectivity index (χ3v) is 19.0. The van der Waals surface area contributed by atoms with Gasteiger partial charge in [0.1, 0.15) is 0 Å². The number of fused-ring (bicyclic) bond motifs is 5. The number of allylic oxidation sites excluding steroid dienone is 1. The van der Waals surface area contributed by atoms with E-state index in [-0.39, 0.29) is 24.8 Å². The van der Waals surface area contributed by atoms with Crippen molar-refractivity contribution in [3.8, 4) is 22.3 Å². The molecule has 4 heteroatoms. The summed E-state index contributed by atoms with van der Waals surface area (Å²) in [6.07, 6.45) is 6.24. The molecule has 0 saturated heterocycles. The summed E-state index contributed by atoms with van der Waals surface area (Å²) in [6, 6.07) is 37.2. The Morgan fingerprint density at radius 3 is 2.16 bits per heavy atom. The number of unbranched alkanes of at least 4 members (excludes halogenated alkanes) is 1. The fourth-order valence-electron chi connectivity index (χ4n) is 7.43. The molecule has 2 aliphatic carbocycles. The zero-order valence-electron chi connectivity index (χ0n) is 25.4. The molecule has 0 aliphatic heterocycles. The van der Waals surface area contributed by atoms with E-state index < -0.39 is 28.3 Å². The van der Waals surface area contributed by atoms with Gasteiger partial charge in [0.15, 0.2) is 0 Å². The van der Waals surface area contributed by atoms with Crippen molar-refractivity contribution in [2.24, 2.45) is 0 Å². The van der Waals surface area contributed by atoms with E-state index in [1.165, 1.54) is 69.0 Å². The second-order valence-corrected chi connectivity index (χ2v) is 27.2. The van der Waals surface area contributed by atoms with Gasteiger partial charge in [0.05, 0.1) is 0 Å². The largest absolute Gasteiger partial charge is 1.00 e. The molecule has 0 spiro atoms. The van der Waals surface area contributed by atoms with Crippen molar-refractivity contribution in [1.82, 2.24) is 0 Å². The first-order valence-electron chi connectivity index (χ1n) is 15.4. The number of halogens is 2. The van der Waals surface area contributed by atoms with Gasteiger partial charge in [-0.2, -0.15) is 0 Å². The van der Waals surface area contributed by atoms with Crippen molar-refractivity contribution in [2.45, 2.75) is 55.7 Å². The average molecular weight is 697 g/mol. The summed E-state index contributed by atoms with van der Waals surface area (Å²) in [5.74, 6) is -0.267. The second-order valence-electron chi connectivity index (χ2n) is 12.2. The molecule has 0 bridgehead atoms. The molecule has 0 N–H and O–H groups in total. The Labute approximate surface area is 282 Å². The number of hydrogen-bond donors (Lipinski definition) is 0. The van der Waals surface area contributed by atoms with E-state index in [1.54, 1.807) is 22.3 Å². The molecule has 216 valence electrons. The predicted octanol–water partition coefficient (Wildman–Crippen LogP) is 4.68. The van der Waals surface area contributed by atoms with Crippen molar-refractivity contribution < 1.29 is 47.2 Å². The fourth-order valence-corrected chi connectivity index (χ4v) is 17.3. The van der Waals surface area contributed by atoms with Gasteiger partial charge in [-0.3, -0.25) is 0 Å². The van der Waals surface area contributed by atoms with Gasteiger partial charge in [0, 0.05) is 0 Å². The monoisotopic (exact) mass is 694 g/mol. The van der Waals surface area contributed by atoms with E-state index >= 15 is 0 Å². The summed E-state index contributed by atoms with van der Waals surface area (Å²) < 4.78 is 0.688. The van der Waals surface area contributed by atoms with E-state index in [2.05, 4.69) is 130 Å². The van der Waals surface area contributed by atoms with Crippen LogP contribution in [0.5, 0.6) is 0 Å². The summed E-state index contributed by atoms with van der Waals surface area (Å²) in [5, 5.41) is 2.68. The van der Waals surface area contributed by atoms with Crippen molar-refractivity contribution in [3.05, 3.63) is 136 Å². The summed E-state index contributed by atoms with van der Waals surface area (Å²) >= 11 is -0.554. The molecular weight excluding hydrogens is 659 g/mol. The van der Waals surface area contributed by atoms with Crippen LogP contribution in [0.25, 0.3) is 39.1 Å². The normalized spacial score (nSPS) is 16.1. The Kier molecular flexibility index (Phi) is 10.0. The van der Waals surface area contributed by atoms with Crippen molar-refractivity contribution in [2.75, 3.05) is 0 Å². The Morgan fingerprint density at radius 1 is 0.698 bits per heavy atom. The van der Waals surface area contributed by atoms with E-state index in [0.29, 0.717) is 9.54 Å². The smallest absolute Gasteiger partial charge is 1.00 e. The van der Waals surface area contributed by atoms with Crippen LogP contribution in [0.1, 0.15) is 69.1 Å². The van der Waals surface area contributed by atoms with Gasteiger partial charge >= 0.3 is 259 Å². The van der Waals surface area contributed by atoms with Gasteiger partial charge in [-0.1, -0.05) is 0 Å². The van der Waals surface area contributed by atoms with Gasteiger partial charge in [0.2, 0.25) is 0 Å². The van der Waals surface area contributed by atoms with Crippen LogP contribution in [0, 0.1) is 6.92 Å². The Balaban J connectivity index is 0.00000184. The zero-order valence-corrected chi connectivity index (χ0v) is 30.5. The van der Waals surface area contributed by atoms with Gasteiger partial charge in [0.25, 0.3) is 0 Å². The van der Waals surface area contributed by atoms with Gasteiger partial charge in [-0.15, -0.1) is 0 Å². The summed E-state index contributed by atoms with van der Waals surface area (Å²) in [4.78, 5) is 0. The SMILES string of the molecule is CCCCC1=Cc2c(-c3c(C)ccc4ccccc34)cccc2C1c1cccc2c1[CH]([Zr+2][SiH](C)C)c1ccccc1-2.[Cl-].[Cl-].